The van der Waals surface area contributed by atoms with Gasteiger partial charge in [0.25, 0.3) is 0 Å². The van der Waals surface area contributed by atoms with E-state index in [2.05, 4.69) is 20.8 Å². The lowest BCUT2D eigenvalue weighted by Gasteiger charge is -2.13. The molecule has 1 atom stereocenters. The van der Waals surface area contributed by atoms with Gasteiger partial charge in [-0.2, -0.15) is 4.98 Å². The van der Waals surface area contributed by atoms with Crippen LogP contribution in [0.3, 0.4) is 0 Å². The smallest absolute Gasteiger partial charge is 0.242 e. The Bertz CT molecular complexity index is 669. The fourth-order valence-electron chi connectivity index (χ4n) is 2.06. The molecule has 0 aliphatic carbocycles. The number of amides is 2. The Morgan fingerprint density at radius 1 is 1.25 bits per heavy atom. The Kier molecular flexibility index (Phi) is 6.48. The van der Waals surface area contributed by atoms with Crippen LogP contribution in [0.4, 0.5) is 0 Å². The van der Waals surface area contributed by atoms with E-state index >= 15 is 0 Å². The quantitative estimate of drug-likeness (QED) is 0.768. The van der Waals surface area contributed by atoms with E-state index < -0.39 is 6.04 Å². The zero-order valence-corrected chi connectivity index (χ0v) is 13.9. The highest BCUT2D eigenvalue weighted by molar-refractivity contribution is 5.87. The Morgan fingerprint density at radius 3 is 2.71 bits per heavy atom. The number of hydrogen-bond acceptors (Lipinski definition) is 5. The van der Waals surface area contributed by atoms with Gasteiger partial charge in [-0.1, -0.05) is 42.4 Å². The average molecular weight is 330 g/mol. The minimum Gasteiger partial charge on any atom is -0.354 e. The van der Waals surface area contributed by atoms with E-state index in [1.54, 1.807) is 6.92 Å². The van der Waals surface area contributed by atoms with Crippen LogP contribution in [-0.2, 0) is 16.0 Å². The Balaban J connectivity index is 1.80. The fraction of sp³-hybridized carbons (Fsp3) is 0.412. The molecule has 7 heteroatoms. The first kappa shape index (κ1) is 17.7. The van der Waals surface area contributed by atoms with Crippen molar-refractivity contribution in [2.75, 3.05) is 6.54 Å². The number of nitrogens with zero attached hydrogens (tertiary/aromatic N) is 2. The van der Waals surface area contributed by atoms with Crippen molar-refractivity contribution in [3.63, 3.8) is 0 Å². The number of carbonyl (C=O) groups is 2. The van der Waals surface area contributed by atoms with E-state index in [9.17, 15) is 9.59 Å². The number of aryl methyl sites for hydroxylation is 1. The summed E-state index contributed by atoms with van der Waals surface area (Å²) in [6, 6.07) is 8.91. The van der Waals surface area contributed by atoms with E-state index in [-0.39, 0.29) is 18.2 Å². The summed E-state index contributed by atoms with van der Waals surface area (Å²) < 4.78 is 5.15. The Hall–Kier alpha value is -2.70. The van der Waals surface area contributed by atoms with Crippen molar-refractivity contribution >= 4 is 11.8 Å². The van der Waals surface area contributed by atoms with Crippen molar-refractivity contribution in [1.82, 2.24) is 20.8 Å². The lowest BCUT2D eigenvalue weighted by molar-refractivity contribution is -0.128. The van der Waals surface area contributed by atoms with Gasteiger partial charge in [-0.15, -0.1) is 0 Å². The molecule has 0 fully saturated rings. The second-order valence-corrected chi connectivity index (χ2v) is 5.46. The van der Waals surface area contributed by atoms with Crippen LogP contribution in [0, 0.1) is 0 Å². The Morgan fingerprint density at radius 2 is 2.00 bits per heavy atom. The molecule has 2 amide bonds. The second kappa shape index (κ2) is 8.81. The maximum absolute atomic E-state index is 11.9. The summed E-state index contributed by atoms with van der Waals surface area (Å²) in [6.07, 6.45) is 1.37. The fourth-order valence-corrected chi connectivity index (χ4v) is 2.06. The molecule has 0 bridgehead atoms. The second-order valence-electron chi connectivity index (χ2n) is 5.46. The van der Waals surface area contributed by atoms with Crippen LogP contribution in [0.25, 0.3) is 11.4 Å². The largest absolute Gasteiger partial charge is 0.354 e. The van der Waals surface area contributed by atoms with Crippen molar-refractivity contribution < 1.29 is 14.1 Å². The van der Waals surface area contributed by atoms with Gasteiger partial charge in [-0.25, -0.2) is 0 Å². The highest BCUT2D eigenvalue weighted by Crippen LogP contribution is 2.15. The standard InChI is InChI=1S/C17H22N4O3/c1-3-11-18-17(23)12(2)19-14(22)9-10-15-20-16(21-24-15)13-7-5-4-6-8-13/h4-8,12H,3,9-11H2,1-2H3,(H,18,23)(H,19,22). The molecule has 0 saturated heterocycles. The number of benzene rings is 1. The van der Waals surface area contributed by atoms with Crippen LogP contribution >= 0.6 is 0 Å². The number of hydrogen-bond donors (Lipinski definition) is 2. The summed E-state index contributed by atoms with van der Waals surface area (Å²) in [5, 5.41) is 9.30. The summed E-state index contributed by atoms with van der Waals surface area (Å²) in [6.45, 7) is 4.23. The van der Waals surface area contributed by atoms with Gasteiger partial charge in [0.15, 0.2) is 0 Å². The van der Waals surface area contributed by atoms with Gasteiger partial charge in [-0.05, 0) is 13.3 Å². The summed E-state index contributed by atoms with van der Waals surface area (Å²) in [5.41, 5.74) is 0.859. The zero-order valence-electron chi connectivity index (χ0n) is 13.9. The van der Waals surface area contributed by atoms with Crippen LogP contribution in [0.5, 0.6) is 0 Å². The van der Waals surface area contributed by atoms with Crippen LogP contribution in [0.1, 0.15) is 32.6 Å². The van der Waals surface area contributed by atoms with Crippen molar-refractivity contribution in [2.45, 2.75) is 39.2 Å². The van der Waals surface area contributed by atoms with Crippen molar-refractivity contribution in [2.24, 2.45) is 0 Å². The molecule has 0 aliphatic rings. The van der Waals surface area contributed by atoms with Gasteiger partial charge in [0.1, 0.15) is 6.04 Å². The van der Waals surface area contributed by atoms with Gasteiger partial charge < -0.3 is 15.2 Å². The Labute approximate surface area is 140 Å². The van der Waals surface area contributed by atoms with Crippen LogP contribution in [0.2, 0.25) is 0 Å². The third kappa shape index (κ3) is 5.19. The maximum Gasteiger partial charge on any atom is 0.242 e. The van der Waals surface area contributed by atoms with E-state index in [0.29, 0.717) is 24.7 Å². The molecule has 7 nitrogen and oxygen atoms in total. The third-order valence-corrected chi connectivity index (χ3v) is 3.39. The zero-order chi connectivity index (χ0) is 17.4. The minimum absolute atomic E-state index is 0.182. The van der Waals surface area contributed by atoms with Crippen molar-refractivity contribution in [3.8, 4) is 11.4 Å². The number of nitrogens with one attached hydrogen (secondary N) is 2. The first-order valence-electron chi connectivity index (χ1n) is 8.05. The molecular weight excluding hydrogens is 308 g/mol. The van der Waals surface area contributed by atoms with Gasteiger partial charge >= 0.3 is 0 Å². The van der Waals surface area contributed by atoms with Crippen LogP contribution in [-0.4, -0.2) is 34.5 Å². The summed E-state index contributed by atoms with van der Waals surface area (Å²) in [5.74, 6) is 0.480. The third-order valence-electron chi connectivity index (χ3n) is 3.39. The number of aromatic nitrogens is 2. The molecule has 1 heterocycles. The predicted octanol–water partition coefficient (Wildman–Crippen LogP) is 1.70. The molecule has 2 N–H and O–H groups in total. The number of carbonyl (C=O) groups excluding carboxylic acids is 2. The predicted molar refractivity (Wildman–Crippen MR) is 89.0 cm³/mol. The van der Waals surface area contributed by atoms with Gasteiger partial charge in [0, 0.05) is 24.9 Å². The summed E-state index contributed by atoms with van der Waals surface area (Å²) in [7, 11) is 0. The number of rotatable bonds is 8. The van der Waals surface area contributed by atoms with E-state index in [4.69, 9.17) is 4.52 Å². The highest BCUT2D eigenvalue weighted by atomic mass is 16.5. The van der Waals surface area contributed by atoms with Crippen molar-refractivity contribution in [3.05, 3.63) is 36.2 Å². The lowest BCUT2D eigenvalue weighted by atomic mass is 10.2. The van der Waals surface area contributed by atoms with Gasteiger partial charge in [0.2, 0.25) is 23.5 Å². The van der Waals surface area contributed by atoms with E-state index in [1.165, 1.54) is 0 Å². The lowest BCUT2D eigenvalue weighted by Crippen LogP contribution is -2.45. The molecule has 128 valence electrons. The van der Waals surface area contributed by atoms with Crippen molar-refractivity contribution in [1.29, 1.82) is 0 Å². The molecule has 0 spiro atoms. The van der Waals surface area contributed by atoms with Gasteiger partial charge in [-0.3, -0.25) is 9.59 Å². The maximum atomic E-state index is 11.9. The molecule has 1 unspecified atom stereocenters. The molecular formula is C17H22N4O3. The average Bonchev–Trinajstić information content (AvgIpc) is 3.07. The summed E-state index contributed by atoms with van der Waals surface area (Å²) >= 11 is 0. The van der Waals surface area contributed by atoms with Gasteiger partial charge in [0.05, 0.1) is 0 Å². The molecule has 2 aromatic rings. The molecule has 2 rings (SSSR count). The normalized spacial score (nSPS) is 11.8. The van der Waals surface area contributed by atoms with E-state index in [0.717, 1.165) is 12.0 Å². The van der Waals surface area contributed by atoms with Crippen LogP contribution in [0.15, 0.2) is 34.9 Å². The van der Waals surface area contributed by atoms with Crippen LogP contribution < -0.4 is 10.6 Å². The minimum atomic E-state index is -0.563. The monoisotopic (exact) mass is 330 g/mol. The summed E-state index contributed by atoms with van der Waals surface area (Å²) in [4.78, 5) is 27.9. The molecule has 1 aromatic carbocycles. The first-order valence-corrected chi connectivity index (χ1v) is 8.05. The molecule has 0 saturated carbocycles. The van der Waals surface area contributed by atoms with E-state index in [1.807, 2.05) is 37.3 Å². The molecule has 0 radical (unpaired) electrons. The molecule has 24 heavy (non-hydrogen) atoms. The molecule has 0 aliphatic heterocycles. The molecule has 1 aromatic heterocycles. The SMILES string of the molecule is CCCNC(=O)C(C)NC(=O)CCc1nc(-c2ccccc2)no1. The highest BCUT2D eigenvalue weighted by Gasteiger charge is 2.16. The topological polar surface area (TPSA) is 97.1 Å². The first-order chi connectivity index (χ1) is 11.6.